The normalized spacial score (nSPS) is 18.7. The van der Waals surface area contributed by atoms with Crippen LogP contribution in [0.15, 0.2) is 60.8 Å². The first kappa shape index (κ1) is 20.4. The van der Waals surface area contributed by atoms with E-state index in [0.29, 0.717) is 16.2 Å². The summed E-state index contributed by atoms with van der Waals surface area (Å²) in [6.45, 7) is 1.72. The Labute approximate surface area is 178 Å². The van der Waals surface area contributed by atoms with Crippen LogP contribution in [0.1, 0.15) is 30.2 Å². The van der Waals surface area contributed by atoms with E-state index in [-0.39, 0.29) is 12.0 Å². The zero-order valence-corrected chi connectivity index (χ0v) is 16.9. The fraction of sp³-hybridized carbons (Fsp3) is 0.167. The van der Waals surface area contributed by atoms with Crippen LogP contribution in [0, 0.1) is 23.5 Å². The molecule has 4 rings (SSSR count). The van der Waals surface area contributed by atoms with E-state index in [1.54, 1.807) is 49.5 Å². The predicted molar refractivity (Wildman–Crippen MR) is 112 cm³/mol. The van der Waals surface area contributed by atoms with Crippen LogP contribution < -0.4 is 4.90 Å². The molecular weight excluding hydrogens is 400 g/mol. The number of nitrogens with zero attached hydrogens (tertiary/aromatic N) is 2. The Bertz CT molecular complexity index is 1190. The molecule has 1 aromatic heterocycles. The first-order chi connectivity index (χ1) is 14.8. The van der Waals surface area contributed by atoms with Crippen LogP contribution in [0.4, 0.5) is 19.3 Å². The second kappa shape index (κ2) is 7.73. The SMILES string of the molecule is CN1C(=O)N(c2c(F)cc(C#Cc3ccccc3)cc2F)C(=O)C[C@@]1(C)c1ccc[nH]1. The van der Waals surface area contributed by atoms with E-state index >= 15 is 0 Å². The van der Waals surface area contributed by atoms with Crippen molar-refractivity contribution in [3.63, 3.8) is 0 Å². The van der Waals surface area contributed by atoms with Crippen molar-refractivity contribution >= 4 is 17.6 Å². The Balaban J connectivity index is 1.68. The van der Waals surface area contributed by atoms with Gasteiger partial charge in [-0.3, -0.25) is 4.79 Å². The summed E-state index contributed by atoms with van der Waals surface area (Å²) >= 11 is 0. The van der Waals surface area contributed by atoms with Crippen LogP contribution in [-0.4, -0.2) is 28.9 Å². The first-order valence-corrected chi connectivity index (χ1v) is 9.62. The van der Waals surface area contributed by atoms with Gasteiger partial charge in [-0.05, 0) is 43.3 Å². The zero-order chi connectivity index (χ0) is 22.2. The van der Waals surface area contributed by atoms with Crippen molar-refractivity contribution in [2.45, 2.75) is 18.9 Å². The summed E-state index contributed by atoms with van der Waals surface area (Å²) in [6.07, 6.45) is 1.55. The molecule has 31 heavy (non-hydrogen) atoms. The van der Waals surface area contributed by atoms with Gasteiger partial charge in [-0.2, -0.15) is 0 Å². The lowest BCUT2D eigenvalue weighted by molar-refractivity contribution is -0.122. The quantitative estimate of drug-likeness (QED) is 0.626. The van der Waals surface area contributed by atoms with Gasteiger partial charge in [0, 0.05) is 30.1 Å². The number of anilines is 1. The topological polar surface area (TPSA) is 56.4 Å². The van der Waals surface area contributed by atoms with E-state index in [1.807, 2.05) is 6.07 Å². The van der Waals surface area contributed by atoms with Crippen LogP contribution >= 0.6 is 0 Å². The summed E-state index contributed by atoms with van der Waals surface area (Å²) in [5.74, 6) is 2.77. The molecule has 2 aromatic carbocycles. The maximum absolute atomic E-state index is 14.9. The summed E-state index contributed by atoms with van der Waals surface area (Å²) in [4.78, 5) is 30.7. The van der Waals surface area contributed by atoms with Gasteiger partial charge in [0.15, 0.2) is 11.6 Å². The van der Waals surface area contributed by atoms with Gasteiger partial charge in [-0.25, -0.2) is 18.5 Å². The van der Waals surface area contributed by atoms with Crippen LogP contribution in [0.25, 0.3) is 0 Å². The van der Waals surface area contributed by atoms with Gasteiger partial charge in [0.2, 0.25) is 5.91 Å². The molecule has 3 amide bonds. The molecule has 0 spiro atoms. The van der Waals surface area contributed by atoms with Crippen LogP contribution in [0.2, 0.25) is 0 Å². The number of urea groups is 1. The number of nitrogens with one attached hydrogen (secondary N) is 1. The lowest BCUT2D eigenvalue weighted by Gasteiger charge is -2.45. The number of imide groups is 1. The molecule has 1 N–H and O–H groups in total. The second-order valence-corrected chi connectivity index (χ2v) is 7.51. The van der Waals surface area contributed by atoms with Crippen LogP contribution in [0.5, 0.6) is 0 Å². The molecule has 2 heterocycles. The van der Waals surface area contributed by atoms with Crippen molar-refractivity contribution in [2.24, 2.45) is 0 Å². The highest BCUT2D eigenvalue weighted by atomic mass is 19.1. The summed E-state index contributed by atoms with van der Waals surface area (Å²) in [5, 5.41) is 0. The van der Waals surface area contributed by atoms with Crippen molar-refractivity contribution in [1.29, 1.82) is 0 Å². The van der Waals surface area contributed by atoms with Gasteiger partial charge >= 0.3 is 6.03 Å². The smallest absolute Gasteiger partial charge is 0.332 e. The molecule has 1 atom stereocenters. The molecule has 1 aliphatic rings. The number of H-pyrrole nitrogens is 1. The van der Waals surface area contributed by atoms with Crippen molar-refractivity contribution in [2.75, 3.05) is 11.9 Å². The molecule has 0 radical (unpaired) electrons. The zero-order valence-electron chi connectivity index (χ0n) is 16.9. The lowest BCUT2D eigenvalue weighted by atomic mass is 9.89. The van der Waals surface area contributed by atoms with E-state index in [4.69, 9.17) is 0 Å². The molecule has 0 bridgehead atoms. The van der Waals surface area contributed by atoms with E-state index in [9.17, 15) is 18.4 Å². The maximum Gasteiger partial charge on any atom is 0.332 e. The summed E-state index contributed by atoms with van der Waals surface area (Å²) < 4.78 is 29.8. The Morgan fingerprint density at radius 2 is 1.61 bits per heavy atom. The predicted octanol–water partition coefficient (Wildman–Crippen LogP) is 4.40. The molecule has 5 nitrogen and oxygen atoms in total. The Hall–Kier alpha value is -3.92. The number of aromatic amines is 1. The maximum atomic E-state index is 14.9. The molecule has 156 valence electrons. The third-order valence-electron chi connectivity index (χ3n) is 5.51. The first-order valence-electron chi connectivity index (χ1n) is 9.62. The number of hydrogen-bond donors (Lipinski definition) is 1. The van der Waals surface area contributed by atoms with Gasteiger partial charge < -0.3 is 9.88 Å². The minimum atomic E-state index is -1.03. The van der Waals surface area contributed by atoms with Crippen molar-refractivity contribution in [1.82, 2.24) is 9.88 Å². The largest absolute Gasteiger partial charge is 0.363 e. The minimum absolute atomic E-state index is 0.101. The Morgan fingerprint density at radius 3 is 2.23 bits per heavy atom. The number of amides is 3. The highest BCUT2D eigenvalue weighted by Crippen LogP contribution is 2.38. The molecule has 0 unspecified atom stereocenters. The van der Waals surface area contributed by atoms with E-state index in [2.05, 4.69) is 16.8 Å². The fourth-order valence-electron chi connectivity index (χ4n) is 3.64. The third-order valence-corrected chi connectivity index (χ3v) is 5.51. The molecule has 7 heteroatoms. The minimum Gasteiger partial charge on any atom is -0.363 e. The Kier molecular flexibility index (Phi) is 5.07. The summed E-state index contributed by atoms with van der Waals surface area (Å²) in [6, 6.07) is 13.7. The number of aromatic nitrogens is 1. The number of carbonyl (C=O) groups is 2. The van der Waals surface area contributed by atoms with Gasteiger partial charge in [0.25, 0.3) is 0 Å². The number of benzene rings is 2. The number of rotatable bonds is 2. The van der Waals surface area contributed by atoms with E-state index < -0.39 is 34.8 Å². The van der Waals surface area contributed by atoms with Crippen LogP contribution in [0.3, 0.4) is 0 Å². The van der Waals surface area contributed by atoms with Gasteiger partial charge in [0.1, 0.15) is 5.69 Å². The van der Waals surface area contributed by atoms with Gasteiger partial charge in [0.05, 0.1) is 12.0 Å². The highest BCUT2D eigenvalue weighted by Gasteiger charge is 2.48. The Morgan fingerprint density at radius 1 is 0.968 bits per heavy atom. The fourth-order valence-corrected chi connectivity index (χ4v) is 3.64. The van der Waals surface area contributed by atoms with Crippen molar-refractivity contribution < 1.29 is 18.4 Å². The molecule has 0 aliphatic carbocycles. The van der Waals surface area contributed by atoms with Gasteiger partial charge in [-0.15, -0.1) is 0 Å². The van der Waals surface area contributed by atoms with E-state index in [1.165, 1.54) is 11.9 Å². The van der Waals surface area contributed by atoms with Gasteiger partial charge in [-0.1, -0.05) is 30.0 Å². The lowest BCUT2D eigenvalue weighted by Crippen LogP contribution is -2.60. The molecule has 1 fully saturated rings. The summed E-state index contributed by atoms with van der Waals surface area (Å²) in [5.41, 5.74) is -0.199. The average Bonchev–Trinajstić information content (AvgIpc) is 3.29. The molecule has 3 aromatic rings. The van der Waals surface area contributed by atoms with Crippen molar-refractivity contribution in [3.8, 4) is 11.8 Å². The average molecular weight is 419 g/mol. The summed E-state index contributed by atoms with van der Waals surface area (Å²) in [7, 11) is 1.50. The molecule has 1 saturated heterocycles. The molecule has 1 aliphatic heterocycles. The molecular formula is C24H19F2N3O2. The number of carbonyl (C=O) groups excluding carboxylic acids is 2. The third kappa shape index (κ3) is 3.57. The van der Waals surface area contributed by atoms with Crippen LogP contribution in [-0.2, 0) is 10.3 Å². The number of hydrogen-bond acceptors (Lipinski definition) is 2. The second-order valence-electron chi connectivity index (χ2n) is 7.51. The standard InChI is InChI=1S/C24H19F2N3O2/c1-24(20-9-6-12-27-20)15-21(30)29(23(31)28(24)2)22-18(25)13-17(14-19(22)26)11-10-16-7-4-3-5-8-16/h3-9,12-14,27H,15H2,1-2H3/t24-/m0/s1. The molecule has 0 saturated carbocycles. The highest BCUT2D eigenvalue weighted by molar-refractivity contribution is 6.16. The van der Waals surface area contributed by atoms with E-state index in [0.717, 1.165) is 12.1 Å². The van der Waals surface area contributed by atoms with Crippen molar-refractivity contribution in [3.05, 3.63) is 89.2 Å². The monoisotopic (exact) mass is 419 g/mol. The number of halogens is 2.